The molecule has 1 aliphatic heterocycles. The number of ether oxygens (including phenoxy) is 1. The second-order valence-corrected chi connectivity index (χ2v) is 6.31. The summed E-state index contributed by atoms with van der Waals surface area (Å²) in [7, 11) is 0. The molecule has 1 aromatic carbocycles. The Balaban J connectivity index is 0.00000225. The van der Waals surface area contributed by atoms with Gasteiger partial charge in [-0.1, -0.05) is 23.7 Å². The van der Waals surface area contributed by atoms with Crippen LogP contribution in [-0.2, 0) is 4.74 Å². The summed E-state index contributed by atoms with van der Waals surface area (Å²) in [4.78, 5) is 20.5. The Labute approximate surface area is 172 Å². The van der Waals surface area contributed by atoms with Crippen LogP contribution in [0.15, 0.2) is 48.9 Å². The quantitative estimate of drug-likeness (QED) is 0.673. The van der Waals surface area contributed by atoms with Gasteiger partial charge >= 0.3 is 0 Å². The monoisotopic (exact) mass is 420 g/mol. The number of rotatable bonds is 4. The van der Waals surface area contributed by atoms with Crippen molar-refractivity contribution in [1.82, 2.24) is 25.1 Å². The summed E-state index contributed by atoms with van der Waals surface area (Å²) in [6.07, 6.45) is 4.65. The number of benzene rings is 1. The maximum absolute atomic E-state index is 12.4. The van der Waals surface area contributed by atoms with Crippen LogP contribution in [0.3, 0.4) is 0 Å². The van der Waals surface area contributed by atoms with Crippen LogP contribution in [0.5, 0.6) is 0 Å². The maximum Gasteiger partial charge on any atom is 0.276 e. The first-order valence-corrected chi connectivity index (χ1v) is 8.85. The van der Waals surface area contributed by atoms with Crippen LogP contribution in [0.4, 0.5) is 5.69 Å². The van der Waals surface area contributed by atoms with Gasteiger partial charge in [-0.3, -0.25) is 4.79 Å². The van der Waals surface area contributed by atoms with Gasteiger partial charge in [0.1, 0.15) is 0 Å². The fraction of sp³-hybridized carbons (Fsp3) is 0.222. The molecule has 2 aromatic heterocycles. The summed E-state index contributed by atoms with van der Waals surface area (Å²) in [5.74, 6) is 0.0424. The van der Waals surface area contributed by atoms with Crippen LogP contribution in [0.25, 0.3) is 5.82 Å². The summed E-state index contributed by atoms with van der Waals surface area (Å²) in [6, 6.07) is 9.19. The van der Waals surface area contributed by atoms with Gasteiger partial charge in [-0.15, -0.1) is 12.4 Å². The summed E-state index contributed by atoms with van der Waals surface area (Å²) in [5.41, 5.74) is 2.00. The van der Waals surface area contributed by atoms with Crippen LogP contribution >= 0.6 is 24.0 Å². The molecule has 3 heterocycles. The van der Waals surface area contributed by atoms with Crippen molar-refractivity contribution in [1.29, 1.82) is 0 Å². The summed E-state index contributed by atoms with van der Waals surface area (Å²) in [5, 5.41) is 10.6. The predicted octanol–water partition coefficient (Wildman–Crippen LogP) is 2.65. The van der Waals surface area contributed by atoms with E-state index in [-0.39, 0.29) is 35.3 Å². The molecule has 1 saturated heterocycles. The Morgan fingerprint density at radius 2 is 2.00 bits per heavy atom. The average molecular weight is 421 g/mol. The maximum atomic E-state index is 12.4. The largest absolute Gasteiger partial charge is 0.371 e. The second kappa shape index (κ2) is 9.11. The lowest BCUT2D eigenvalue weighted by Gasteiger charge is -2.24. The number of nitrogens with zero attached hydrogens (tertiary/aromatic N) is 4. The van der Waals surface area contributed by atoms with Crippen molar-refractivity contribution < 1.29 is 9.53 Å². The van der Waals surface area contributed by atoms with Crippen molar-refractivity contribution in [2.45, 2.75) is 6.10 Å². The number of carbonyl (C=O) groups is 1. The number of hydrogen-bond donors (Lipinski definition) is 2. The minimum absolute atomic E-state index is 0. The summed E-state index contributed by atoms with van der Waals surface area (Å²) >= 11 is 6.01. The van der Waals surface area contributed by atoms with E-state index in [1.165, 1.54) is 17.1 Å². The topological polar surface area (TPSA) is 94.0 Å². The van der Waals surface area contributed by atoms with E-state index in [2.05, 4.69) is 25.7 Å². The normalized spacial score (nSPS) is 16.2. The minimum Gasteiger partial charge on any atom is -0.371 e. The standard InChI is InChI=1S/C18H17ClN6O2.ClH/c19-16-17(22-7-6-21-16)25-9-5-14(24-25)18(26)23-13-3-1-12(2-4-13)15-11-20-8-10-27-15;/h1-7,9,15,20H,8,10-11H2,(H,23,26);1H. The lowest BCUT2D eigenvalue weighted by Crippen LogP contribution is -2.33. The molecule has 10 heteroatoms. The molecule has 0 spiro atoms. The van der Waals surface area contributed by atoms with Gasteiger partial charge in [-0.05, 0) is 23.8 Å². The van der Waals surface area contributed by atoms with E-state index in [4.69, 9.17) is 16.3 Å². The van der Waals surface area contributed by atoms with Gasteiger partial charge in [-0.25, -0.2) is 14.6 Å². The zero-order chi connectivity index (χ0) is 18.6. The zero-order valence-electron chi connectivity index (χ0n) is 14.7. The van der Waals surface area contributed by atoms with E-state index in [0.717, 1.165) is 18.7 Å². The number of halogens is 2. The number of anilines is 1. The molecule has 3 aromatic rings. The van der Waals surface area contributed by atoms with E-state index in [1.807, 2.05) is 24.3 Å². The molecule has 4 rings (SSSR count). The molecule has 1 atom stereocenters. The highest BCUT2D eigenvalue weighted by atomic mass is 35.5. The van der Waals surface area contributed by atoms with E-state index in [1.54, 1.807) is 12.3 Å². The molecule has 0 bridgehead atoms. The lowest BCUT2D eigenvalue weighted by molar-refractivity contribution is 0.0277. The van der Waals surface area contributed by atoms with Crippen LogP contribution < -0.4 is 10.6 Å². The van der Waals surface area contributed by atoms with Gasteiger partial charge < -0.3 is 15.4 Å². The molecule has 146 valence electrons. The van der Waals surface area contributed by atoms with Gasteiger partial charge in [0.25, 0.3) is 5.91 Å². The van der Waals surface area contributed by atoms with Crippen molar-refractivity contribution in [3.8, 4) is 5.82 Å². The van der Waals surface area contributed by atoms with E-state index < -0.39 is 0 Å². The average Bonchev–Trinajstić information content (AvgIpc) is 3.20. The Kier molecular flexibility index (Phi) is 6.58. The van der Waals surface area contributed by atoms with Gasteiger partial charge in [-0.2, -0.15) is 5.10 Å². The van der Waals surface area contributed by atoms with E-state index in [9.17, 15) is 4.79 Å². The molecule has 0 saturated carbocycles. The molecular formula is C18H18Cl2N6O2. The third-order valence-electron chi connectivity index (χ3n) is 4.14. The first kappa shape index (κ1) is 20.2. The number of morpholine rings is 1. The molecule has 1 amide bonds. The summed E-state index contributed by atoms with van der Waals surface area (Å²) in [6.45, 7) is 2.35. The van der Waals surface area contributed by atoms with Crippen LogP contribution in [-0.4, -0.2) is 45.4 Å². The van der Waals surface area contributed by atoms with E-state index in [0.29, 0.717) is 18.1 Å². The Hall–Kier alpha value is -2.52. The fourth-order valence-electron chi connectivity index (χ4n) is 2.79. The van der Waals surface area contributed by atoms with Crippen molar-refractivity contribution in [3.63, 3.8) is 0 Å². The minimum atomic E-state index is -0.322. The number of amides is 1. The molecular weight excluding hydrogens is 403 g/mol. The molecule has 2 N–H and O–H groups in total. The predicted molar refractivity (Wildman–Crippen MR) is 107 cm³/mol. The van der Waals surface area contributed by atoms with Crippen molar-refractivity contribution in [3.05, 3.63) is 65.3 Å². The molecule has 0 aliphatic carbocycles. The summed E-state index contributed by atoms with van der Waals surface area (Å²) < 4.78 is 7.14. The Morgan fingerprint density at radius 1 is 1.21 bits per heavy atom. The molecule has 1 aliphatic rings. The second-order valence-electron chi connectivity index (χ2n) is 5.96. The lowest BCUT2D eigenvalue weighted by atomic mass is 10.1. The number of hydrogen-bond acceptors (Lipinski definition) is 6. The van der Waals surface area contributed by atoms with Crippen molar-refractivity contribution >= 4 is 35.6 Å². The Bertz CT molecular complexity index is 941. The van der Waals surface area contributed by atoms with Crippen molar-refractivity contribution in [2.75, 3.05) is 25.0 Å². The third kappa shape index (κ3) is 4.48. The molecule has 28 heavy (non-hydrogen) atoms. The highest BCUT2D eigenvalue weighted by molar-refractivity contribution is 6.30. The number of carbonyl (C=O) groups excluding carboxylic acids is 1. The number of nitrogens with one attached hydrogen (secondary N) is 2. The van der Waals surface area contributed by atoms with Crippen LogP contribution in [0.2, 0.25) is 5.15 Å². The van der Waals surface area contributed by atoms with Crippen molar-refractivity contribution in [2.24, 2.45) is 0 Å². The highest BCUT2D eigenvalue weighted by Crippen LogP contribution is 2.21. The first-order valence-electron chi connectivity index (χ1n) is 8.47. The highest BCUT2D eigenvalue weighted by Gasteiger charge is 2.16. The molecule has 1 unspecified atom stereocenters. The van der Waals surface area contributed by atoms with Gasteiger partial charge in [0.2, 0.25) is 0 Å². The van der Waals surface area contributed by atoms with Gasteiger partial charge in [0.05, 0.1) is 12.7 Å². The smallest absolute Gasteiger partial charge is 0.276 e. The molecule has 8 nitrogen and oxygen atoms in total. The molecule has 0 radical (unpaired) electrons. The molecule has 1 fully saturated rings. The first-order chi connectivity index (χ1) is 13.2. The van der Waals surface area contributed by atoms with Crippen LogP contribution in [0.1, 0.15) is 22.2 Å². The van der Waals surface area contributed by atoms with Gasteiger partial charge in [0.15, 0.2) is 16.7 Å². The zero-order valence-corrected chi connectivity index (χ0v) is 16.3. The third-order valence-corrected chi connectivity index (χ3v) is 4.41. The SMILES string of the molecule is Cl.O=C(Nc1ccc(C2CNCCO2)cc1)c1ccn(-c2nccnc2Cl)n1. The van der Waals surface area contributed by atoms with Gasteiger partial charge in [0, 0.05) is 37.4 Å². The Morgan fingerprint density at radius 3 is 2.71 bits per heavy atom. The fourth-order valence-corrected chi connectivity index (χ4v) is 2.98. The number of aromatic nitrogens is 4. The van der Waals surface area contributed by atoms with Crippen LogP contribution in [0, 0.1) is 0 Å². The van der Waals surface area contributed by atoms with E-state index >= 15 is 0 Å².